The molecule has 1 saturated heterocycles. The number of hydrogen-bond donors (Lipinski definition) is 1. The number of rotatable bonds is 4. The number of morpholine rings is 1. The third-order valence-electron chi connectivity index (χ3n) is 3.40. The number of allylic oxidation sites excluding steroid dienone is 1. The van der Waals surface area contributed by atoms with Crippen molar-refractivity contribution >= 4 is 0 Å². The summed E-state index contributed by atoms with van der Waals surface area (Å²) in [5, 5.41) is 3.41. The van der Waals surface area contributed by atoms with Crippen molar-refractivity contribution < 1.29 is 4.74 Å². The molecule has 0 amide bonds. The normalized spacial score (nSPS) is 20.6. The molecule has 1 heterocycles. The monoisotopic (exact) mass is 226 g/mol. The van der Waals surface area contributed by atoms with E-state index in [1.54, 1.807) is 0 Å². The lowest BCUT2D eigenvalue weighted by atomic mass is 9.90. The molecule has 0 bridgehead atoms. The van der Waals surface area contributed by atoms with E-state index in [4.69, 9.17) is 4.74 Å². The molecule has 0 spiro atoms. The highest BCUT2D eigenvalue weighted by Crippen LogP contribution is 2.22. The van der Waals surface area contributed by atoms with Gasteiger partial charge in [-0.1, -0.05) is 11.6 Å². The average Bonchev–Trinajstić information content (AvgIpc) is 2.26. The molecule has 0 aromatic heterocycles. The fraction of sp³-hybridized carbons (Fsp3) is 0.846. The van der Waals surface area contributed by atoms with Gasteiger partial charge in [-0.15, -0.1) is 0 Å². The minimum atomic E-state index is 0.135. The molecule has 0 aliphatic carbocycles. The van der Waals surface area contributed by atoms with Gasteiger partial charge in [-0.2, -0.15) is 0 Å². The summed E-state index contributed by atoms with van der Waals surface area (Å²) in [6.45, 7) is 12.7. The number of ether oxygens (including phenoxy) is 1. The fourth-order valence-electron chi connectivity index (χ4n) is 2.31. The second-order valence-corrected chi connectivity index (χ2v) is 5.26. The maximum absolute atomic E-state index is 5.41. The van der Waals surface area contributed by atoms with Gasteiger partial charge in [-0.05, 0) is 34.7 Å². The molecule has 0 aromatic rings. The Balaban J connectivity index is 2.75. The van der Waals surface area contributed by atoms with Gasteiger partial charge in [0.1, 0.15) is 0 Å². The lowest BCUT2D eigenvalue weighted by Crippen LogP contribution is -2.59. The molecule has 3 nitrogen and oxygen atoms in total. The maximum Gasteiger partial charge on any atom is 0.0594 e. The van der Waals surface area contributed by atoms with Crippen LogP contribution in [0.1, 0.15) is 27.7 Å². The summed E-state index contributed by atoms with van der Waals surface area (Å²) in [6, 6.07) is 0.385. The summed E-state index contributed by atoms with van der Waals surface area (Å²) in [6.07, 6.45) is 2.31. The van der Waals surface area contributed by atoms with Crippen molar-refractivity contribution in [2.75, 3.05) is 33.4 Å². The molecule has 1 atom stereocenters. The van der Waals surface area contributed by atoms with Crippen molar-refractivity contribution in [3.05, 3.63) is 11.6 Å². The topological polar surface area (TPSA) is 24.5 Å². The molecule has 16 heavy (non-hydrogen) atoms. The summed E-state index contributed by atoms with van der Waals surface area (Å²) in [5.74, 6) is 0. The Morgan fingerprint density at radius 2 is 1.88 bits per heavy atom. The van der Waals surface area contributed by atoms with Crippen molar-refractivity contribution in [2.45, 2.75) is 39.3 Å². The van der Waals surface area contributed by atoms with Gasteiger partial charge >= 0.3 is 0 Å². The first-order chi connectivity index (χ1) is 7.48. The fourth-order valence-corrected chi connectivity index (χ4v) is 2.31. The van der Waals surface area contributed by atoms with Gasteiger partial charge in [0.25, 0.3) is 0 Å². The lowest BCUT2D eigenvalue weighted by Gasteiger charge is -2.45. The number of nitrogens with zero attached hydrogens (tertiary/aromatic N) is 1. The van der Waals surface area contributed by atoms with E-state index in [9.17, 15) is 0 Å². The molecule has 0 radical (unpaired) electrons. The van der Waals surface area contributed by atoms with E-state index in [-0.39, 0.29) is 5.54 Å². The van der Waals surface area contributed by atoms with E-state index in [1.165, 1.54) is 5.57 Å². The number of nitrogens with one attached hydrogen (secondary N) is 1. The zero-order valence-corrected chi connectivity index (χ0v) is 11.3. The molecule has 1 N–H and O–H groups in total. The van der Waals surface area contributed by atoms with Crippen LogP contribution in [0.15, 0.2) is 11.6 Å². The van der Waals surface area contributed by atoms with Gasteiger partial charge in [-0.25, -0.2) is 0 Å². The molecule has 3 heteroatoms. The SMILES string of the molecule is CNC(C=C(C)C)C(C)(C)N1CCOCC1. The van der Waals surface area contributed by atoms with Crippen molar-refractivity contribution in [3.63, 3.8) is 0 Å². The van der Waals surface area contributed by atoms with E-state index in [0.29, 0.717) is 6.04 Å². The summed E-state index contributed by atoms with van der Waals surface area (Å²) in [5.41, 5.74) is 1.50. The van der Waals surface area contributed by atoms with Crippen LogP contribution in [-0.4, -0.2) is 49.8 Å². The van der Waals surface area contributed by atoms with Crippen molar-refractivity contribution in [3.8, 4) is 0 Å². The van der Waals surface area contributed by atoms with Crippen LogP contribution >= 0.6 is 0 Å². The molecule has 94 valence electrons. The van der Waals surface area contributed by atoms with Crippen LogP contribution in [0.5, 0.6) is 0 Å². The molecular weight excluding hydrogens is 200 g/mol. The second-order valence-electron chi connectivity index (χ2n) is 5.26. The van der Waals surface area contributed by atoms with Crippen LogP contribution in [0.25, 0.3) is 0 Å². The van der Waals surface area contributed by atoms with Crippen LogP contribution in [-0.2, 0) is 4.74 Å². The largest absolute Gasteiger partial charge is 0.379 e. The summed E-state index contributed by atoms with van der Waals surface area (Å²) >= 11 is 0. The van der Waals surface area contributed by atoms with Crippen LogP contribution < -0.4 is 5.32 Å². The molecule has 0 aromatic carbocycles. The van der Waals surface area contributed by atoms with Gasteiger partial charge in [-0.3, -0.25) is 4.90 Å². The Kier molecular flexibility index (Phi) is 4.96. The summed E-state index contributed by atoms with van der Waals surface area (Å²) in [7, 11) is 2.03. The second kappa shape index (κ2) is 5.80. The number of hydrogen-bond acceptors (Lipinski definition) is 3. The van der Waals surface area contributed by atoms with Crippen molar-refractivity contribution in [1.82, 2.24) is 10.2 Å². The maximum atomic E-state index is 5.41. The zero-order valence-electron chi connectivity index (χ0n) is 11.3. The van der Waals surface area contributed by atoms with Crippen LogP contribution in [0.4, 0.5) is 0 Å². The third-order valence-corrected chi connectivity index (χ3v) is 3.40. The number of likely N-dealkylation sites (N-methyl/N-ethyl adjacent to an activating group) is 1. The van der Waals surface area contributed by atoms with Gasteiger partial charge in [0, 0.05) is 24.7 Å². The Labute approximate surface area is 99.8 Å². The predicted octanol–water partition coefficient (Wildman–Crippen LogP) is 1.65. The molecule has 1 aliphatic heterocycles. The van der Waals surface area contributed by atoms with Crippen molar-refractivity contribution in [2.24, 2.45) is 0 Å². The third kappa shape index (κ3) is 3.30. The molecule has 1 aliphatic rings. The van der Waals surface area contributed by atoms with Crippen LogP contribution in [0.3, 0.4) is 0 Å². The van der Waals surface area contributed by atoms with E-state index in [0.717, 1.165) is 26.3 Å². The minimum Gasteiger partial charge on any atom is -0.379 e. The quantitative estimate of drug-likeness (QED) is 0.738. The van der Waals surface area contributed by atoms with Gasteiger partial charge in [0.05, 0.1) is 13.2 Å². The van der Waals surface area contributed by atoms with Crippen LogP contribution in [0, 0.1) is 0 Å². The summed E-state index contributed by atoms with van der Waals surface area (Å²) < 4.78 is 5.41. The first-order valence-corrected chi connectivity index (χ1v) is 6.13. The Hall–Kier alpha value is -0.380. The average molecular weight is 226 g/mol. The van der Waals surface area contributed by atoms with E-state index < -0.39 is 0 Å². The predicted molar refractivity (Wildman–Crippen MR) is 68.7 cm³/mol. The Morgan fingerprint density at radius 3 is 2.31 bits per heavy atom. The smallest absolute Gasteiger partial charge is 0.0594 e. The summed E-state index contributed by atoms with van der Waals surface area (Å²) in [4.78, 5) is 2.51. The zero-order chi connectivity index (χ0) is 12.2. The van der Waals surface area contributed by atoms with Gasteiger partial charge in [0.2, 0.25) is 0 Å². The highest BCUT2D eigenvalue weighted by molar-refractivity contribution is 5.09. The Bertz CT molecular complexity index is 238. The van der Waals surface area contributed by atoms with E-state index in [1.807, 2.05) is 7.05 Å². The standard InChI is InChI=1S/C13H26N2O/c1-11(2)10-12(14-5)13(3,4)15-6-8-16-9-7-15/h10,12,14H,6-9H2,1-5H3. The minimum absolute atomic E-state index is 0.135. The molecule has 0 saturated carbocycles. The first kappa shape index (κ1) is 13.7. The van der Waals surface area contributed by atoms with Gasteiger partial charge < -0.3 is 10.1 Å². The highest BCUT2D eigenvalue weighted by atomic mass is 16.5. The van der Waals surface area contributed by atoms with Crippen LogP contribution in [0.2, 0.25) is 0 Å². The molecule has 1 unspecified atom stereocenters. The van der Waals surface area contributed by atoms with E-state index >= 15 is 0 Å². The molecule has 1 rings (SSSR count). The highest BCUT2D eigenvalue weighted by Gasteiger charge is 2.34. The van der Waals surface area contributed by atoms with Crippen molar-refractivity contribution in [1.29, 1.82) is 0 Å². The Morgan fingerprint density at radius 1 is 1.31 bits per heavy atom. The molecule has 1 fully saturated rings. The van der Waals surface area contributed by atoms with Gasteiger partial charge in [0.15, 0.2) is 0 Å². The molecular formula is C13H26N2O. The lowest BCUT2D eigenvalue weighted by molar-refractivity contribution is -0.0170. The van der Waals surface area contributed by atoms with E-state index in [2.05, 4.69) is 44.0 Å². The first-order valence-electron chi connectivity index (χ1n) is 6.13.